The highest BCUT2D eigenvalue weighted by Gasteiger charge is 2.13. The number of nitrogen functional groups attached to an aromatic ring is 1. The number of hydrogen-bond acceptors (Lipinski definition) is 4. The fourth-order valence-corrected chi connectivity index (χ4v) is 1.74. The van der Waals surface area contributed by atoms with Gasteiger partial charge in [-0.25, -0.2) is 0 Å². The number of hydrogen-bond donors (Lipinski definition) is 2. The van der Waals surface area contributed by atoms with Gasteiger partial charge in [0.2, 0.25) is 5.91 Å². The Hall–Kier alpha value is -2.22. The number of rotatable bonds is 5. The van der Waals surface area contributed by atoms with E-state index in [0.29, 0.717) is 24.3 Å². The Kier molecular flexibility index (Phi) is 4.55. The maximum absolute atomic E-state index is 11.2. The monoisotopic (exact) mass is 246 g/mol. The predicted octanol–water partition coefficient (Wildman–Crippen LogP) is 1.35. The van der Waals surface area contributed by atoms with Gasteiger partial charge in [0.05, 0.1) is 23.4 Å². The molecule has 18 heavy (non-hydrogen) atoms. The molecule has 5 heteroatoms. The Morgan fingerprint density at radius 3 is 2.72 bits per heavy atom. The number of nitrogens with two attached hydrogens (primary N) is 2. The molecule has 0 aliphatic heterocycles. The van der Waals surface area contributed by atoms with Gasteiger partial charge in [-0.2, -0.15) is 5.26 Å². The van der Waals surface area contributed by atoms with Gasteiger partial charge in [-0.15, -0.1) is 0 Å². The molecule has 0 aliphatic rings. The lowest BCUT2D eigenvalue weighted by Gasteiger charge is -2.26. The summed E-state index contributed by atoms with van der Waals surface area (Å²) in [5.41, 5.74) is 12.9. The quantitative estimate of drug-likeness (QED) is 0.766. The fourth-order valence-electron chi connectivity index (χ4n) is 1.74. The molecule has 4 N–H and O–H groups in total. The van der Waals surface area contributed by atoms with Crippen molar-refractivity contribution in [1.29, 1.82) is 5.26 Å². The molecule has 0 radical (unpaired) electrons. The first-order valence-corrected chi connectivity index (χ1v) is 5.83. The van der Waals surface area contributed by atoms with Crippen molar-refractivity contribution in [3.05, 3.63) is 23.8 Å². The van der Waals surface area contributed by atoms with E-state index in [1.54, 1.807) is 18.2 Å². The average molecular weight is 246 g/mol. The minimum atomic E-state index is -0.486. The molecule has 0 saturated heterocycles. The summed E-state index contributed by atoms with van der Waals surface area (Å²) in [6, 6.07) is 7.12. The van der Waals surface area contributed by atoms with Crippen LogP contribution in [-0.4, -0.2) is 19.0 Å². The van der Waals surface area contributed by atoms with Gasteiger partial charge < -0.3 is 16.4 Å². The second-order valence-corrected chi connectivity index (χ2v) is 4.21. The lowest BCUT2D eigenvalue weighted by molar-refractivity contribution is 0.100. The van der Waals surface area contributed by atoms with Crippen molar-refractivity contribution in [2.45, 2.75) is 13.8 Å². The van der Waals surface area contributed by atoms with Crippen molar-refractivity contribution >= 4 is 17.3 Å². The largest absolute Gasteiger partial charge is 0.397 e. The normalized spacial score (nSPS) is 11.6. The molecule has 1 atom stereocenters. The highest BCUT2D eigenvalue weighted by atomic mass is 16.1. The molecule has 1 aromatic carbocycles. The third-order valence-corrected chi connectivity index (χ3v) is 2.75. The van der Waals surface area contributed by atoms with E-state index in [9.17, 15) is 4.79 Å². The number of carbonyl (C=O) groups excluding carboxylic acids is 1. The zero-order valence-electron chi connectivity index (χ0n) is 10.7. The number of benzene rings is 1. The van der Waals surface area contributed by atoms with Crippen LogP contribution in [0.2, 0.25) is 0 Å². The Labute approximate surface area is 107 Å². The second-order valence-electron chi connectivity index (χ2n) is 4.21. The van der Waals surface area contributed by atoms with Crippen molar-refractivity contribution in [1.82, 2.24) is 0 Å². The summed E-state index contributed by atoms with van der Waals surface area (Å²) in [6.07, 6.45) is 0. The van der Waals surface area contributed by atoms with Crippen molar-refractivity contribution in [2.75, 3.05) is 23.7 Å². The lowest BCUT2D eigenvalue weighted by Crippen LogP contribution is -2.29. The number of primary amides is 1. The molecule has 0 aromatic heterocycles. The molecule has 0 aliphatic carbocycles. The maximum atomic E-state index is 11.2. The van der Waals surface area contributed by atoms with E-state index in [4.69, 9.17) is 16.7 Å². The smallest absolute Gasteiger partial charge is 0.248 e. The Morgan fingerprint density at radius 1 is 1.56 bits per heavy atom. The zero-order chi connectivity index (χ0) is 13.7. The first-order valence-electron chi connectivity index (χ1n) is 5.83. The van der Waals surface area contributed by atoms with Gasteiger partial charge in [-0.05, 0) is 32.0 Å². The number of anilines is 2. The van der Waals surface area contributed by atoms with E-state index in [2.05, 4.69) is 6.07 Å². The number of nitriles is 1. The summed E-state index contributed by atoms with van der Waals surface area (Å²) in [6.45, 7) is 5.09. The van der Waals surface area contributed by atoms with Gasteiger partial charge in [0.25, 0.3) is 0 Å². The van der Waals surface area contributed by atoms with E-state index in [1.165, 1.54) is 0 Å². The van der Waals surface area contributed by atoms with Crippen molar-refractivity contribution in [2.24, 2.45) is 11.7 Å². The third kappa shape index (κ3) is 3.14. The molecule has 0 heterocycles. The van der Waals surface area contributed by atoms with Crippen molar-refractivity contribution < 1.29 is 4.79 Å². The molecule has 0 spiro atoms. The summed E-state index contributed by atoms with van der Waals surface area (Å²) < 4.78 is 0. The van der Waals surface area contributed by atoms with Gasteiger partial charge >= 0.3 is 0 Å². The lowest BCUT2D eigenvalue weighted by atomic mass is 10.1. The fraction of sp³-hybridized carbons (Fsp3) is 0.385. The van der Waals surface area contributed by atoms with Gasteiger partial charge in [0.1, 0.15) is 0 Å². The Morgan fingerprint density at radius 2 is 2.22 bits per heavy atom. The maximum Gasteiger partial charge on any atom is 0.248 e. The van der Waals surface area contributed by atoms with E-state index < -0.39 is 5.91 Å². The van der Waals surface area contributed by atoms with Crippen LogP contribution in [0.4, 0.5) is 11.4 Å². The molecule has 1 unspecified atom stereocenters. The predicted molar refractivity (Wildman–Crippen MR) is 72.0 cm³/mol. The summed E-state index contributed by atoms with van der Waals surface area (Å²) in [5.74, 6) is -0.595. The van der Waals surface area contributed by atoms with Crippen LogP contribution in [0, 0.1) is 17.2 Å². The summed E-state index contributed by atoms with van der Waals surface area (Å²) >= 11 is 0. The highest BCUT2D eigenvalue weighted by molar-refractivity contribution is 5.95. The summed E-state index contributed by atoms with van der Waals surface area (Å²) in [7, 11) is 0. The van der Waals surface area contributed by atoms with Gasteiger partial charge in [-0.3, -0.25) is 4.79 Å². The number of carbonyl (C=O) groups is 1. The van der Waals surface area contributed by atoms with E-state index in [1.807, 2.05) is 18.7 Å². The Balaban J connectivity index is 3.08. The van der Waals surface area contributed by atoms with Crippen LogP contribution in [-0.2, 0) is 0 Å². The molecule has 5 nitrogen and oxygen atoms in total. The van der Waals surface area contributed by atoms with Crippen LogP contribution in [0.5, 0.6) is 0 Å². The van der Waals surface area contributed by atoms with Crippen LogP contribution >= 0.6 is 0 Å². The minimum absolute atomic E-state index is 0.110. The van der Waals surface area contributed by atoms with Gasteiger partial charge in [0.15, 0.2) is 0 Å². The second kappa shape index (κ2) is 5.92. The number of nitrogens with zero attached hydrogens (tertiary/aromatic N) is 2. The van der Waals surface area contributed by atoms with Crippen LogP contribution < -0.4 is 16.4 Å². The van der Waals surface area contributed by atoms with Gasteiger partial charge in [0, 0.05) is 18.7 Å². The third-order valence-electron chi connectivity index (χ3n) is 2.75. The van der Waals surface area contributed by atoms with Crippen LogP contribution in [0.25, 0.3) is 0 Å². The first kappa shape index (κ1) is 13.8. The van der Waals surface area contributed by atoms with E-state index >= 15 is 0 Å². The molecule has 1 amide bonds. The van der Waals surface area contributed by atoms with Crippen molar-refractivity contribution in [3.8, 4) is 6.07 Å². The van der Waals surface area contributed by atoms with Crippen LogP contribution in [0.15, 0.2) is 18.2 Å². The average Bonchev–Trinajstić information content (AvgIpc) is 2.36. The van der Waals surface area contributed by atoms with Crippen LogP contribution in [0.3, 0.4) is 0 Å². The molecule has 0 bridgehead atoms. The van der Waals surface area contributed by atoms with Crippen molar-refractivity contribution in [3.63, 3.8) is 0 Å². The molecule has 0 fully saturated rings. The van der Waals surface area contributed by atoms with E-state index in [-0.39, 0.29) is 5.92 Å². The van der Waals surface area contributed by atoms with Crippen LogP contribution in [0.1, 0.15) is 24.2 Å². The summed E-state index contributed by atoms with van der Waals surface area (Å²) in [5, 5.41) is 8.86. The molecule has 0 saturated carbocycles. The molecule has 1 aromatic rings. The van der Waals surface area contributed by atoms with E-state index in [0.717, 1.165) is 5.69 Å². The topological polar surface area (TPSA) is 96.1 Å². The summed E-state index contributed by atoms with van der Waals surface area (Å²) in [4.78, 5) is 13.1. The first-order chi connectivity index (χ1) is 8.49. The minimum Gasteiger partial charge on any atom is -0.397 e. The highest BCUT2D eigenvalue weighted by Crippen LogP contribution is 2.25. The molecular weight excluding hydrogens is 228 g/mol. The SMILES string of the molecule is CCN(CC(C)C#N)c1cc(C(N)=O)ccc1N. The molecule has 96 valence electrons. The Bertz CT molecular complexity index is 478. The number of amides is 1. The standard InChI is InChI=1S/C13H18N4O/c1-3-17(8-9(2)7-14)12-6-10(13(16)18)4-5-11(12)15/h4-6,9H,3,8,15H2,1-2H3,(H2,16,18). The molecular formula is C13H18N4O. The van der Waals surface area contributed by atoms with Gasteiger partial charge in [-0.1, -0.05) is 0 Å². The zero-order valence-corrected chi connectivity index (χ0v) is 10.7. The molecule has 1 rings (SSSR count).